The van der Waals surface area contributed by atoms with Gasteiger partial charge in [0.15, 0.2) is 11.5 Å². The summed E-state index contributed by atoms with van der Waals surface area (Å²) in [5.74, 6) is 2.35. The number of hydrogen-bond acceptors (Lipinski definition) is 6. The summed E-state index contributed by atoms with van der Waals surface area (Å²) in [4.78, 5) is 9.02. The second-order valence-electron chi connectivity index (χ2n) is 6.65. The Bertz CT molecular complexity index is 1190. The number of halogens is 1. The van der Waals surface area contributed by atoms with Crippen LogP contribution in [0.25, 0.3) is 11.0 Å². The van der Waals surface area contributed by atoms with Crippen LogP contribution in [-0.4, -0.2) is 35.8 Å². The number of hydrogen-bond donors (Lipinski definition) is 2. The van der Waals surface area contributed by atoms with E-state index in [-0.39, 0.29) is 5.82 Å². The van der Waals surface area contributed by atoms with Crippen LogP contribution < -0.4 is 20.1 Å². The fourth-order valence-corrected chi connectivity index (χ4v) is 3.32. The molecule has 2 aromatic carbocycles. The zero-order chi connectivity index (χ0) is 21.1. The highest BCUT2D eigenvalue weighted by Gasteiger charge is 2.13. The van der Waals surface area contributed by atoms with E-state index in [1.54, 1.807) is 32.5 Å². The van der Waals surface area contributed by atoms with Crippen LogP contribution in [0.15, 0.2) is 54.7 Å². The van der Waals surface area contributed by atoms with Crippen LogP contribution in [0.4, 0.5) is 21.8 Å². The number of rotatable bonds is 7. The van der Waals surface area contributed by atoms with Gasteiger partial charge in [-0.05, 0) is 35.9 Å². The minimum atomic E-state index is -0.308. The standard InChI is InChI=1S/C22H22FN5O2/c1-24-22-27-17-12-25-21(26-16-6-4-5-15(23)10-16)11-18(17)28(22)13-14-7-8-19(29-2)20(9-14)30-3/h4-12H,13H2,1-3H3,(H,24,27)(H,25,26). The van der Waals surface area contributed by atoms with Gasteiger partial charge in [-0.3, -0.25) is 0 Å². The van der Waals surface area contributed by atoms with Crippen molar-refractivity contribution in [1.82, 2.24) is 14.5 Å². The average molecular weight is 407 g/mol. The highest BCUT2D eigenvalue weighted by atomic mass is 19.1. The summed E-state index contributed by atoms with van der Waals surface area (Å²) in [5.41, 5.74) is 3.30. The van der Waals surface area contributed by atoms with Crippen molar-refractivity contribution >= 4 is 28.5 Å². The van der Waals surface area contributed by atoms with Gasteiger partial charge in [-0.15, -0.1) is 0 Å². The molecule has 7 nitrogen and oxygen atoms in total. The smallest absolute Gasteiger partial charge is 0.203 e. The van der Waals surface area contributed by atoms with E-state index < -0.39 is 0 Å². The number of fused-ring (bicyclic) bond motifs is 1. The molecular weight excluding hydrogens is 385 g/mol. The first-order valence-corrected chi connectivity index (χ1v) is 9.39. The van der Waals surface area contributed by atoms with Crippen LogP contribution in [0.2, 0.25) is 0 Å². The Morgan fingerprint density at radius 3 is 2.60 bits per heavy atom. The average Bonchev–Trinajstić information content (AvgIpc) is 3.10. The Labute approximate surface area is 173 Å². The maximum absolute atomic E-state index is 13.5. The molecule has 0 spiro atoms. The van der Waals surface area contributed by atoms with E-state index in [1.165, 1.54) is 12.1 Å². The molecule has 2 aromatic heterocycles. The second kappa shape index (κ2) is 8.28. The molecule has 2 N–H and O–H groups in total. The van der Waals surface area contributed by atoms with Crippen LogP contribution in [0, 0.1) is 5.82 Å². The van der Waals surface area contributed by atoms with Gasteiger partial charge in [0.1, 0.15) is 17.2 Å². The number of imidazole rings is 1. The second-order valence-corrected chi connectivity index (χ2v) is 6.65. The molecule has 0 fully saturated rings. The molecule has 0 saturated heterocycles. The van der Waals surface area contributed by atoms with Gasteiger partial charge in [0, 0.05) is 18.8 Å². The van der Waals surface area contributed by atoms with Crippen molar-refractivity contribution in [2.75, 3.05) is 31.9 Å². The molecule has 0 aliphatic heterocycles. The molecular formula is C22H22FN5O2. The molecule has 4 rings (SSSR count). The van der Waals surface area contributed by atoms with E-state index in [1.807, 2.05) is 31.3 Å². The quantitative estimate of drug-likeness (QED) is 0.472. The Morgan fingerprint density at radius 1 is 1.03 bits per heavy atom. The van der Waals surface area contributed by atoms with E-state index in [0.717, 1.165) is 16.6 Å². The number of nitrogens with zero attached hydrogens (tertiary/aromatic N) is 3. The summed E-state index contributed by atoms with van der Waals surface area (Å²) in [6.45, 7) is 0.566. The lowest BCUT2D eigenvalue weighted by molar-refractivity contribution is 0.354. The number of methoxy groups -OCH3 is 2. The third-order valence-corrected chi connectivity index (χ3v) is 4.74. The minimum absolute atomic E-state index is 0.308. The zero-order valence-electron chi connectivity index (χ0n) is 16.9. The van der Waals surface area contributed by atoms with Crippen molar-refractivity contribution in [3.05, 3.63) is 66.1 Å². The molecule has 0 atom stereocenters. The molecule has 4 aromatic rings. The lowest BCUT2D eigenvalue weighted by atomic mass is 10.2. The summed E-state index contributed by atoms with van der Waals surface area (Å²) >= 11 is 0. The largest absolute Gasteiger partial charge is 0.493 e. The maximum Gasteiger partial charge on any atom is 0.203 e. The molecule has 0 aliphatic rings. The van der Waals surface area contributed by atoms with E-state index in [9.17, 15) is 4.39 Å². The summed E-state index contributed by atoms with van der Waals surface area (Å²) in [7, 11) is 5.05. The van der Waals surface area contributed by atoms with Crippen LogP contribution in [-0.2, 0) is 6.54 Å². The molecule has 8 heteroatoms. The fourth-order valence-electron chi connectivity index (χ4n) is 3.32. The van der Waals surface area contributed by atoms with E-state index in [0.29, 0.717) is 35.5 Å². The van der Waals surface area contributed by atoms with Gasteiger partial charge in [0.05, 0.1) is 32.5 Å². The highest BCUT2D eigenvalue weighted by Crippen LogP contribution is 2.30. The topological polar surface area (TPSA) is 73.2 Å². The van der Waals surface area contributed by atoms with E-state index >= 15 is 0 Å². The van der Waals surface area contributed by atoms with Gasteiger partial charge in [0.2, 0.25) is 5.95 Å². The van der Waals surface area contributed by atoms with Crippen LogP contribution in [0.3, 0.4) is 0 Å². The normalized spacial score (nSPS) is 10.8. The van der Waals surface area contributed by atoms with E-state index in [4.69, 9.17) is 9.47 Å². The van der Waals surface area contributed by atoms with Crippen molar-refractivity contribution in [3.8, 4) is 11.5 Å². The molecule has 0 radical (unpaired) electrons. The van der Waals surface area contributed by atoms with Crippen molar-refractivity contribution < 1.29 is 13.9 Å². The maximum atomic E-state index is 13.5. The molecule has 30 heavy (non-hydrogen) atoms. The van der Waals surface area contributed by atoms with E-state index in [2.05, 4.69) is 25.2 Å². The van der Waals surface area contributed by atoms with Gasteiger partial charge in [-0.25, -0.2) is 14.4 Å². The predicted molar refractivity (Wildman–Crippen MR) is 115 cm³/mol. The number of aromatic nitrogens is 3. The van der Waals surface area contributed by atoms with Gasteiger partial charge < -0.3 is 24.7 Å². The first-order valence-electron chi connectivity index (χ1n) is 9.39. The van der Waals surface area contributed by atoms with Gasteiger partial charge in [0.25, 0.3) is 0 Å². The SMILES string of the molecule is CNc1nc2cnc(Nc3cccc(F)c3)cc2n1Cc1ccc(OC)c(OC)c1. The first-order chi connectivity index (χ1) is 14.6. The Hall–Kier alpha value is -3.81. The third-order valence-electron chi connectivity index (χ3n) is 4.74. The lowest BCUT2D eigenvalue weighted by Crippen LogP contribution is -2.05. The monoisotopic (exact) mass is 407 g/mol. The first kappa shape index (κ1) is 19.5. The predicted octanol–water partition coefficient (Wildman–Crippen LogP) is 4.42. The summed E-state index contributed by atoms with van der Waals surface area (Å²) < 4.78 is 26.3. The number of anilines is 3. The van der Waals surface area contributed by atoms with Crippen molar-refractivity contribution in [2.24, 2.45) is 0 Å². The van der Waals surface area contributed by atoms with Crippen molar-refractivity contribution in [3.63, 3.8) is 0 Å². The third kappa shape index (κ3) is 3.84. The van der Waals surface area contributed by atoms with Gasteiger partial charge in [-0.2, -0.15) is 0 Å². The summed E-state index contributed by atoms with van der Waals surface area (Å²) in [6.07, 6.45) is 1.70. The van der Waals surface area contributed by atoms with Gasteiger partial charge >= 0.3 is 0 Å². The molecule has 154 valence electrons. The summed E-state index contributed by atoms with van der Waals surface area (Å²) in [5, 5.41) is 6.27. The number of ether oxygens (including phenoxy) is 2. The van der Waals surface area contributed by atoms with Gasteiger partial charge in [-0.1, -0.05) is 12.1 Å². The zero-order valence-corrected chi connectivity index (χ0v) is 16.9. The van der Waals surface area contributed by atoms with Crippen molar-refractivity contribution in [1.29, 1.82) is 0 Å². The molecule has 0 unspecified atom stereocenters. The highest BCUT2D eigenvalue weighted by molar-refractivity contribution is 5.81. The molecule has 2 heterocycles. The Morgan fingerprint density at radius 2 is 1.87 bits per heavy atom. The minimum Gasteiger partial charge on any atom is -0.493 e. The number of pyridine rings is 1. The fraction of sp³-hybridized carbons (Fsp3) is 0.182. The lowest BCUT2D eigenvalue weighted by Gasteiger charge is -2.12. The molecule has 0 saturated carbocycles. The molecule has 0 bridgehead atoms. The Balaban J connectivity index is 1.71. The Kier molecular flexibility index (Phi) is 5.38. The van der Waals surface area contributed by atoms with Crippen LogP contribution >= 0.6 is 0 Å². The number of nitrogens with one attached hydrogen (secondary N) is 2. The summed E-state index contributed by atoms with van der Waals surface area (Å²) in [6, 6.07) is 14.0. The van der Waals surface area contributed by atoms with Crippen molar-refractivity contribution in [2.45, 2.75) is 6.54 Å². The molecule has 0 aliphatic carbocycles. The molecule has 0 amide bonds. The van der Waals surface area contributed by atoms with Crippen LogP contribution in [0.5, 0.6) is 11.5 Å². The van der Waals surface area contributed by atoms with Crippen LogP contribution in [0.1, 0.15) is 5.56 Å². The number of benzene rings is 2.